The van der Waals surface area contributed by atoms with Gasteiger partial charge in [-0.3, -0.25) is 14.2 Å². The highest BCUT2D eigenvalue weighted by Gasteiger charge is 2.16. The molecule has 4 heteroatoms. The Bertz CT molecular complexity index is 730. The molecule has 0 amide bonds. The average molecular weight is 237 g/mol. The second-order valence-electron chi connectivity index (χ2n) is 4.07. The average Bonchev–Trinajstić information content (AvgIpc) is 2.82. The highest BCUT2D eigenvalue weighted by atomic mass is 16.1. The van der Waals surface area contributed by atoms with Crippen molar-refractivity contribution in [3.8, 4) is 0 Å². The summed E-state index contributed by atoms with van der Waals surface area (Å²) < 4.78 is 1.77. The zero-order chi connectivity index (χ0) is 12.5. The molecule has 0 aromatic carbocycles. The van der Waals surface area contributed by atoms with Crippen molar-refractivity contribution in [3.05, 3.63) is 65.9 Å². The zero-order valence-electron chi connectivity index (χ0n) is 9.87. The molecule has 3 aromatic rings. The van der Waals surface area contributed by atoms with Crippen molar-refractivity contribution in [2.45, 2.75) is 6.92 Å². The lowest BCUT2D eigenvalue weighted by Gasteiger charge is -2.03. The van der Waals surface area contributed by atoms with E-state index < -0.39 is 0 Å². The predicted molar refractivity (Wildman–Crippen MR) is 67.6 cm³/mol. The molecule has 0 N–H and O–H groups in total. The van der Waals surface area contributed by atoms with Crippen LogP contribution in [0.15, 0.2) is 48.9 Å². The Labute approximate surface area is 104 Å². The molecule has 0 bridgehead atoms. The number of nitrogens with zero attached hydrogens (tertiary/aromatic N) is 3. The zero-order valence-corrected chi connectivity index (χ0v) is 9.87. The molecule has 0 aliphatic carbocycles. The third-order valence-electron chi connectivity index (χ3n) is 2.87. The SMILES string of the molecule is Cc1cccnc1C(=O)c1cnc2ccccn12. The number of aryl methyl sites for hydroxylation is 1. The molecule has 0 aliphatic rings. The first kappa shape index (κ1) is 10.7. The Kier molecular flexibility index (Phi) is 2.41. The predicted octanol–water partition coefficient (Wildman–Crippen LogP) is 2.27. The van der Waals surface area contributed by atoms with E-state index in [1.807, 2.05) is 43.5 Å². The summed E-state index contributed by atoms with van der Waals surface area (Å²) in [6.45, 7) is 1.88. The lowest BCUT2D eigenvalue weighted by molar-refractivity contribution is 0.102. The molecule has 3 aromatic heterocycles. The van der Waals surface area contributed by atoms with Gasteiger partial charge in [-0.15, -0.1) is 0 Å². The topological polar surface area (TPSA) is 47.3 Å². The second-order valence-corrected chi connectivity index (χ2v) is 4.07. The summed E-state index contributed by atoms with van der Waals surface area (Å²) in [7, 11) is 0. The first-order valence-corrected chi connectivity index (χ1v) is 5.66. The van der Waals surface area contributed by atoms with Crippen molar-refractivity contribution in [3.63, 3.8) is 0 Å². The molecule has 0 unspecified atom stereocenters. The summed E-state index contributed by atoms with van der Waals surface area (Å²) in [4.78, 5) is 20.8. The minimum Gasteiger partial charge on any atom is -0.297 e. The third-order valence-corrected chi connectivity index (χ3v) is 2.87. The summed E-state index contributed by atoms with van der Waals surface area (Å²) in [5.41, 5.74) is 2.64. The summed E-state index contributed by atoms with van der Waals surface area (Å²) in [6, 6.07) is 9.32. The molecule has 0 spiro atoms. The van der Waals surface area contributed by atoms with E-state index in [0.717, 1.165) is 11.2 Å². The fourth-order valence-corrected chi connectivity index (χ4v) is 1.95. The van der Waals surface area contributed by atoms with Gasteiger partial charge >= 0.3 is 0 Å². The molecule has 3 heterocycles. The van der Waals surface area contributed by atoms with E-state index in [1.54, 1.807) is 16.8 Å². The molecule has 4 nitrogen and oxygen atoms in total. The molecular weight excluding hydrogens is 226 g/mol. The number of carbonyl (C=O) groups excluding carboxylic acids is 1. The highest BCUT2D eigenvalue weighted by molar-refractivity contribution is 6.07. The van der Waals surface area contributed by atoms with Crippen molar-refractivity contribution >= 4 is 11.4 Å². The first-order valence-electron chi connectivity index (χ1n) is 5.66. The van der Waals surface area contributed by atoms with E-state index in [0.29, 0.717) is 11.4 Å². The number of aromatic nitrogens is 3. The van der Waals surface area contributed by atoms with E-state index in [9.17, 15) is 4.79 Å². The van der Waals surface area contributed by atoms with E-state index >= 15 is 0 Å². The van der Waals surface area contributed by atoms with Crippen LogP contribution in [0.5, 0.6) is 0 Å². The van der Waals surface area contributed by atoms with Gasteiger partial charge in [0, 0.05) is 12.4 Å². The molecule has 0 saturated carbocycles. The maximum atomic E-state index is 12.4. The maximum absolute atomic E-state index is 12.4. The molecule has 18 heavy (non-hydrogen) atoms. The normalized spacial score (nSPS) is 10.7. The number of rotatable bonds is 2. The molecule has 88 valence electrons. The van der Waals surface area contributed by atoms with Crippen molar-refractivity contribution in [2.24, 2.45) is 0 Å². The van der Waals surface area contributed by atoms with Crippen LogP contribution in [-0.4, -0.2) is 20.2 Å². The molecule has 0 radical (unpaired) electrons. The van der Waals surface area contributed by atoms with Gasteiger partial charge in [0.05, 0.1) is 6.20 Å². The van der Waals surface area contributed by atoms with Crippen molar-refractivity contribution in [1.29, 1.82) is 0 Å². The largest absolute Gasteiger partial charge is 0.297 e. The van der Waals surface area contributed by atoms with Crippen LogP contribution >= 0.6 is 0 Å². The van der Waals surface area contributed by atoms with Crippen LogP contribution in [0.3, 0.4) is 0 Å². The molecule has 0 aliphatic heterocycles. The van der Waals surface area contributed by atoms with E-state index in [4.69, 9.17) is 0 Å². The van der Waals surface area contributed by atoms with E-state index in [2.05, 4.69) is 9.97 Å². The number of hydrogen-bond donors (Lipinski definition) is 0. The van der Waals surface area contributed by atoms with Crippen LogP contribution in [0.1, 0.15) is 21.7 Å². The lowest BCUT2D eigenvalue weighted by atomic mass is 10.1. The Morgan fingerprint density at radius 1 is 1.17 bits per heavy atom. The van der Waals surface area contributed by atoms with Gasteiger partial charge in [-0.25, -0.2) is 4.98 Å². The van der Waals surface area contributed by atoms with Crippen LogP contribution in [-0.2, 0) is 0 Å². The van der Waals surface area contributed by atoms with Gasteiger partial charge in [-0.1, -0.05) is 12.1 Å². The van der Waals surface area contributed by atoms with Gasteiger partial charge in [0.15, 0.2) is 0 Å². The number of hydrogen-bond acceptors (Lipinski definition) is 3. The second kappa shape index (κ2) is 4.07. The molecule has 0 saturated heterocycles. The van der Waals surface area contributed by atoms with Gasteiger partial charge < -0.3 is 0 Å². The third kappa shape index (κ3) is 1.59. The van der Waals surface area contributed by atoms with Crippen LogP contribution in [0.25, 0.3) is 5.65 Å². The summed E-state index contributed by atoms with van der Waals surface area (Å²) >= 11 is 0. The summed E-state index contributed by atoms with van der Waals surface area (Å²) in [5.74, 6) is -0.105. The maximum Gasteiger partial charge on any atom is 0.229 e. The number of fused-ring (bicyclic) bond motifs is 1. The molecule has 0 fully saturated rings. The number of pyridine rings is 2. The smallest absolute Gasteiger partial charge is 0.229 e. The molecule has 3 rings (SSSR count). The van der Waals surface area contributed by atoms with Crippen molar-refractivity contribution < 1.29 is 4.79 Å². The number of imidazole rings is 1. The summed E-state index contributed by atoms with van der Waals surface area (Å²) in [5, 5.41) is 0. The monoisotopic (exact) mass is 237 g/mol. The quantitative estimate of drug-likeness (QED) is 0.642. The van der Waals surface area contributed by atoms with Crippen molar-refractivity contribution in [1.82, 2.24) is 14.4 Å². The molecular formula is C14H11N3O. The van der Waals surface area contributed by atoms with Gasteiger partial charge in [0.2, 0.25) is 5.78 Å². The van der Waals surface area contributed by atoms with Crippen LogP contribution in [0.4, 0.5) is 0 Å². The lowest BCUT2D eigenvalue weighted by Crippen LogP contribution is -2.08. The van der Waals surface area contributed by atoms with Gasteiger partial charge in [-0.05, 0) is 30.7 Å². The Morgan fingerprint density at radius 3 is 2.89 bits per heavy atom. The highest BCUT2D eigenvalue weighted by Crippen LogP contribution is 2.13. The summed E-state index contributed by atoms with van der Waals surface area (Å²) in [6.07, 6.45) is 5.04. The van der Waals surface area contributed by atoms with Gasteiger partial charge in [-0.2, -0.15) is 0 Å². The standard InChI is InChI=1S/C14H11N3O/c1-10-5-4-7-15-13(10)14(18)11-9-16-12-6-2-3-8-17(11)12/h2-9H,1H3. The minimum atomic E-state index is -0.105. The Balaban J connectivity index is 2.16. The van der Waals surface area contributed by atoms with Crippen molar-refractivity contribution in [2.75, 3.05) is 0 Å². The van der Waals surface area contributed by atoms with Crippen LogP contribution in [0, 0.1) is 6.92 Å². The Hall–Kier alpha value is -2.49. The minimum absolute atomic E-state index is 0.105. The van der Waals surface area contributed by atoms with Crippen LogP contribution < -0.4 is 0 Å². The number of carbonyl (C=O) groups is 1. The van der Waals surface area contributed by atoms with E-state index in [-0.39, 0.29) is 5.78 Å². The van der Waals surface area contributed by atoms with Crippen LogP contribution in [0.2, 0.25) is 0 Å². The van der Waals surface area contributed by atoms with Gasteiger partial charge in [0.1, 0.15) is 17.0 Å². The van der Waals surface area contributed by atoms with Gasteiger partial charge in [0.25, 0.3) is 0 Å². The van der Waals surface area contributed by atoms with E-state index in [1.165, 1.54) is 0 Å². The Morgan fingerprint density at radius 2 is 2.06 bits per heavy atom. The fourth-order valence-electron chi connectivity index (χ4n) is 1.95. The number of ketones is 1. The first-order chi connectivity index (χ1) is 8.77. The molecule has 0 atom stereocenters. The fraction of sp³-hybridized carbons (Fsp3) is 0.0714.